The molecule has 0 aliphatic heterocycles. The number of hydrogen-bond acceptors (Lipinski definition) is 4. The van der Waals surface area contributed by atoms with Crippen molar-refractivity contribution in [1.29, 1.82) is 0 Å². The normalized spacial score (nSPS) is 14.1. The molecule has 0 aliphatic rings. The van der Waals surface area contributed by atoms with Crippen molar-refractivity contribution in [2.24, 2.45) is 0 Å². The second-order valence-electron chi connectivity index (χ2n) is 7.98. The minimum absolute atomic E-state index is 0.296. The number of carbonyl (C=O) groups is 2. The lowest BCUT2D eigenvalue weighted by Crippen LogP contribution is -2.44. The van der Waals surface area contributed by atoms with Crippen LogP contribution >= 0.6 is 23.2 Å². The zero-order valence-electron chi connectivity index (χ0n) is 18.7. The molecule has 186 valence electrons. The minimum Gasteiger partial charge on any atom is -0.423 e. The van der Waals surface area contributed by atoms with Crippen LogP contribution < -0.4 is 5.32 Å². The smallest absolute Gasteiger partial charge is 0.423 e. The molecule has 3 atom stereocenters. The van der Waals surface area contributed by atoms with E-state index in [0.717, 1.165) is 15.8 Å². The van der Waals surface area contributed by atoms with Crippen molar-refractivity contribution in [3.63, 3.8) is 0 Å². The van der Waals surface area contributed by atoms with Gasteiger partial charge >= 0.3 is 12.1 Å². The first-order chi connectivity index (χ1) is 16.4. The summed E-state index contributed by atoms with van der Waals surface area (Å²) in [7, 11) is 0. The number of aromatic nitrogens is 2. The molecule has 2 aromatic carbocycles. The second-order valence-corrected chi connectivity index (χ2v) is 8.85. The van der Waals surface area contributed by atoms with E-state index in [1.807, 2.05) is 24.3 Å². The number of halogens is 5. The molecule has 1 aromatic heterocycles. The topological polar surface area (TPSA) is 73.2 Å². The Morgan fingerprint density at radius 2 is 1.60 bits per heavy atom. The van der Waals surface area contributed by atoms with E-state index in [0.29, 0.717) is 22.2 Å². The van der Waals surface area contributed by atoms with Gasteiger partial charge in [0.1, 0.15) is 0 Å². The fourth-order valence-electron chi connectivity index (χ4n) is 3.52. The summed E-state index contributed by atoms with van der Waals surface area (Å²) in [6.07, 6.45) is -5.47. The molecule has 11 heteroatoms. The van der Waals surface area contributed by atoms with E-state index >= 15 is 0 Å². The predicted octanol–water partition coefficient (Wildman–Crippen LogP) is 5.63. The van der Waals surface area contributed by atoms with Crippen LogP contribution in [0.5, 0.6) is 0 Å². The highest BCUT2D eigenvalue weighted by Gasteiger charge is 2.44. The number of benzene rings is 2. The summed E-state index contributed by atoms with van der Waals surface area (Å²) >= 11 is 12.0. The van der Waals surface area contributed by atoms with Crippen LogP contribution in [0.2, 0.25) is 10.0 Å². The van der Waals surface area contributed by atoms with Crippen LogP contribution in [0.4, 0.5) is 13.2 Å². The number of carbonyl (C=O) groups excluding carboxylic acids is 2. The van der Waals surface area contributed by atoms with Gasteiger partial charge in [-0.15, -0.1) is 0 Å². The van der Waals surface area contributed by atoms with Crippen LogP contribution in [0.3, 0.4) is 0 Å². The Labute approximate surface area is 210 Å². The van der Waals surface area contributed by atoms with Crippen molar-refractivity contribution in [2.45, 2.75) is 44.6 Å². The van der Waals surface area contributed by atoms with Crippen molar-refractivity contribution in [2.75, 3.05) is 0 Å². The van der Waals surface area contributed by atoms with Gasteiger partial charge < -0.3 is 10.1 Å². The Morgan fingerprint density at radius 1 is 1.03 bits per heavy atom. The molecule has 3 rings (SSSR count). The molecule has 3 unspecified atom stereocenters. The lowest BCUT2D eigenvalue weighted by Gasteiger charge is -2.28. The lowest BCUT2D eigenvalue weighted by atomic mass is 9.86. The highest BCUT2D eigenvalue weighted by atomic mass is 35.5. The maximum atomic E-state index is 13.1. The van der Waals surface area contributed by atoms with Crippen molar-refractivity contribution in [3.8, 4) is 0 Å². The molecule has 1 heterocycles. The average Bonchev–Trinajstić information content (AvgIpc) is 3.22. The van der Waals surface area contributed by atoms with E-state index < -0.39 is 30.3 Å². The maximum absolute atomic E-state index is 13.1. The fourth-order valence-corrected chi connectivity index (χ4v) is 3.78. The predicted molar refractivity (Wildman–Crippen MR) is 125 cm³/mol. The van der Waals surface area contributed by atoms with Gasteiger partial charge in [-0.25, -0.2) is 9.48 Å². The Hall–Kier alpha value is -3.04. The van der Waals surface area contributed by atoms with Gasteiger partial charge in [0.2, 0.25) is 0 Å². The van der Waals surface area contributed by atoms with E-state index in [2.05, 4.69) is 15.2 Å². The molecule has 0 saturated heterocycles. The summed E-state index contributed by atoms with van der Waals surface area (Å²) in [5.41, 5.74) is 2.20. The Bertz CT molecular complexity index is 1170. The zero-order chi connectivity index (χ0) is 25.8. The monoisotopic (exact) mass is 527 g/mol. The Kier molecular flexibility index (Phi) is 8.45. The van der Waals surface area contributed by atoms with Crippen molar-refractivity contribution >= 4 is 35.1 Å². The summed E-state index contributed by atoms with van der Waals surface area (Å²) < 4.78 is 43.9. The molecular weight excluding hydrogens is 506 g/mol. The molecule has 1 amide bonds. The molecule has 3 aromatic rings. The van der Waals surface area contributed by atoms with Gasteiger partial charge in [0, 0.05) is 28.2 Å². The SMILES string of the molecule is Cc1ccn(C(OC(=O)C(F)(F)F)C(=O)NC(C)C(Cc2ccc(Cl)cc2)c2ccc(Cl)cc2)n1. The number of amides is 1. The number of nitrogens with one attached hydrogen (secondary N) is 1. The van der Waals surface area contributed by atoms with E-state index in [4.69, 9.17) is 23.2 Å². The van der Waals surface area contributed by atoms with Gasteiger partial charge in [-0.1, -0.05) is 47.5 Å². The molecule has 0 saturated carbocycles. The standard InChI is InChI=1S/C24H22Cl2F3N3O3/c1-14-11-12-32(31-14)22(35-23(34)24(27,28)29)21(33)30-15(2)20(17-5-9-19(26)10-6-17)13-16-3-7-18(25)8-4-16/h3-12,15,20,22H,13H2,1-2H3,(H,30,33). The highest BCUT2D eigenvalue weighted by molar-refractivity contribution is 6.30. The van der Waals surface area contributed by atoms with Crippen LogP contribution in [0.25, 0.3) is 0 Å². The summed E-state index contributed by atoms with van der Waals surface area (Å²) in [4.78, 5) is 24.6. The Morgan fingerprint density at radius 3 is 2.11 bits per heavy atom. The first-order valence-corrected chi connectivity index (χ1v) is 11.3. The summed E-state index contributed by atoms with van der Waals surface area (Å²) in [5.74, 6) is -3.74. The van der Waals surface area contributed by atoms with Gasteiger partial charge in [0.25, 0.3) is 12.1 Å². The minimum atomic E-state index is -5.27. The highest BCUT2D eigenvalue weighted by Crippen LogP contribution is 2.28. The molecule has 0 aliphatic carbocycles. The number of nitrogens with zero attached hydrogens (tertiary/aromatic N) is 2. The van der Waals surface area contributed by atoms with Crippen LogP contribution in [0.1, 0.15) is 35.9 Å². The molecule has 0 fully saturated rings. The maximum Gasteiger partial charge on any atom is 0.491 e. The number of rotatable bonds is 8. The van der Waals surface area contributed by atoms with E-state index in [9.17, 15) is 22.8 Å². The van der Waals surface area contributed by atoms with Crippen LogP contribution in [0, 0.1) is 6.92 Å². The summed E-state index contributed by atoms with van der Waals surface area (Å²) in [5, 5.41) is 7.74. The molecule has 1 N–H and O–H groups in total. The fraction of sp³-hybridized carbons (Fsp3) is 0.292. The van der Waals surface area contributed by atoms with E-state index in [1.54, 1.807) is 38.1 Å². The largest absolute Gasteiger partial charge is 0.491 e. The van der Waals surface area contributed by atoms with Gasteiger partial charge in [-0.05, 0) is 61.7 Å². The van der Waals surface area contributed by atoms with Gasteiger partial charge in [-0.2, -0.15) is 18.3 Å². The summed E-state index contributed by atoms with van der Waals surface area (Å²) in [6.45, 7) is 3.30. The number of esters is 1. The molecule has 35 heavy (non-hydrogen) atoms. The van der Waals surface area contributed by atoms with Crippen LogP contribution in [-0.2, 0) is 20.7 Å². The third-order valence-electron chi connectivity index (χ3n) is 5.30. The molecule has 6 nitrogen and oxygen atoms in total. The number of ether oxygens (including phenoxy) is 1. The lowest BCUT2D eigenvalue weighted by molar-refractivity contribution is -0.210. The average molecular weight is 528 g/mol. The number of hydrogen-bond donors (Lipinski definition) is 1. The molecule has 0 radical (unpaired) electrons. The quantitative estimate of drug-likeness (QED) is 0.385. The molecule has 0 bridgehead atoms. The first kappa shape index (κ1) is 26.6. The number of alkyl halides is 3. The van der Waals surface area contributed by atoms with Gasteiger partial charge in [0.05, 0.1) is 5.69 Å². The van der Waals surface area contributed by atoms with Gasteiger partial charge in [-0.3, -0.25) is 4.79 Å². The van der Waals surface area contributed by atoms with Gasteiger partial charge in [0.15, 0.2) is 0 Å². The Balaban J connectivity index is 1.86. The third-order valence-corrected chi connectivity index (χ3v) is 5.80. The third kappa shape index (κ3) is 7.22. The van der Waals surface area contributed by atoms with Crippen molar-refractivity contribution < 1.29 is 27.5 Å². The van der Waals surface area contributed by atoms with Crippen molar-refractivity contribution in [3.05, 3.63) is 87.7 Å². The summed E-state index contributed by atoms with van der Waals surface area (Å²) in [6, 6.07) is 15.1. The van der Waals surface area contributed by atoms with Crippen LogP contribution in [-0.4, -0.2) is 33.9 Å². The molecule has 0 spiro atoms. The second kappa shape index (κ2) is 11.1. The van der Waals surface area contributed by atoms with E-state index in [1.165, 1.54) is 12.3 Å². The first-order valence-electron chi connectivity index (χ1n) is 10.5. The molecular formula is C24H22Cl2F3N3O3. The van der Waals surface area contributed by atoms with Crippen LogP contribution in [0.15, 0.2) is 60.8 Å². The number of aryl methyl sites for hydroxylation is 1. The zero-order valence-corrected chi connectivity index (χ0v) is 20.2. The van der Waals surface area contributed by atoms with Crippen molar-refractivity contribution in [1.82, 2.24) is 15.1 Å². The van der Waals surface area contributed by atoms with E-state index in [-0.39, 0.29) is 5.92 Å².